The number of rotatable bonds is 0. The summed E-state index contributed by atoms with van der Waals surface area (Å²) in [6.45, 7) is 0. The van der Waals surface area contributed by atoms with Crippen molar-refractivity contribution in [2.75, 3.05) is 0 Å². The molecule has 2 unspecified atom stereocenters. The van der Waals surface area contributed by atoms with E-state index in [0.29, 0.717) is 16.6 Å². The van der Waals surface area contributed by atoms with Crippen LogP contribution in [0.4, 0.5) is 0 Å². The first-order valence-corrected chi connectivity index (χ1v) is 4.55. The molecule has 1 heterocycles. The molecule has 2 aliphatic rings. The molecular formula is C9H11NO3. The molecule has 3 N–H and O–H groups in total. The Bertz CT molecular complexity index is 349. The fourth-order valence-electron chi connectivity index (χ4n) is 2.88. The maximum atomic E-state index is 9.51. The van der Waals surface area contributed by atoms with Crippen LogP contribution in [0.15, 0.2) is 0 Å². The van der Waals surface area contributed by atoms with Gasteiger partial charge in [0.05, 0.1) is 0 Å². The SMILES string of the molecule is Oc1c2c(c(O)n1O)C1CCC2C1. The van der Waals surface area contributed by atoms with Crippen molar-refractivity contribution in [1.82, 2.24) is 4.73 Å². The van der Waals surface area contributed by atoms with Gasteiger partial charge < -0.3 is 15.4 Å². The summed E-state index contributed by atoms with van der Waals surface area (Å²) in [4.78, 5) is 0. The largest absolute Gasteiger partial charge is 0.492 e. The first-order valence-electron chi connectivity index (χ1n) is 4.55. The Hall–Kier alpha value is -1.32. The quantitative estimate of drug-likeness (QED) is 0.531. The lowest BCUT2D eigenvalue weighted by Gasteiger charge is -2.08. The summed E-state index contributed by atoms with van der Waals surface area (Å²) in [7, 11) is 0. The van der Waals surface area contributed by atoms with Gasteiger partial charge in [-0.15, -0.1) is 4.73 Å². The molecule has 2 aliphatic carbocycles. The molecule has 1 aromatic rings. The highest BCUT2D eigenvalue weighted by molar-refractivity contribution is 5.53. The topological polar surface area (TPSA) is 65.6 Å². The molecular weight excluding hydrogens is 170 g/mol. The molecule has 0 aliphatic heterocycles. The van der Waals surface area contributed by atoms with Crippen molar-refractivity contribution in [3.05, 3.63) is 11.1 Å². The summed E-state index contributed by atoms with van der Waals surface area (Å²) < 4.78 is 0.495. The van der Waals surface area contributed by atoms with Gasteiger partial charge in [-0.1, -0.05) is 0 Å². The minimum atomic E-state index is -0.167. The van der Waals surface area contributed by atoms with E-state index in [-0.39, 0.29) is 11.8 Å². The van der Waals surface area contributed by atoms with Crippen LogP contribution in [-0.4, -0.2) is 20.2 Å². The average Bonchev–Trinajstić information content (AvgIpc) is 2.76. The first kappa shape index (κ1) is 7.12. The molecule has 4 heteroatoms. The minimum Gasteiger partial charge on any atom is -0.492 e. The van der Waals surface area contributed by atoms with E-state index < -0.39 is 0 Å². The highest BCUT2D eigenvalue weighted by Gasteiger charge is 2.44. The van der Waals surface area contributed by atoms with E-state index in [4.69, 9.17) is 0 Å². The average molecular weight is 181 g/mol. The second-order valence-corrected chi connectivity index (χ2v) is 3.99. The van der Waals surface area contributed by atoms with E-state index in [0.717, 1.165) is 30.4 Å². The van der Waals surface area contributed by atoms with Crippen molar-refractivity contribution in [1.29, 1.82) is 0 Å². The van der Waals surface area contributed by atoms with Gasteiger partial charge in [0.15, 0.2) is 0 Å². The lowest BCUT2D eigenvalue weighted by Crippen LogP contribution is -1.93. The summed E-state index contributed by atoms with van der Waals surface area (Å²) in [5, 5.41) is 28.3. The molecule has 1 aromatic heterocycles. The minimum absolute atomic E-state index is 0.167. The summed E-state index contributed by atoms with van der Waals surface area (Å²) >= 11 is 0. The van der Waals surface area contributed by atoms with E-state index in [1.54, 1.807) is 0 Å². The van der Waals surface area contributed by atoms with Gasteiger partial charge in [0.25, 0.3) is 0 Å². The number of nitrogens with zero attached hydrogens (tertiary/aromatic N) is 1. The van der Waals surface area contributed by atoms with Crippen LogP contribution in [-0.2, 0) is 0 Å². The van der Waals surface area contributed by atoms with Crippen LogP contribution in [0.2, 0.25) is 0 Å². The number of aromatic hydroxyl groups is 2. The van der Waals surface area contributed by atoms with Crippen LogP contribution < -0.4 is 0 Å². The van der Waals surface area contributed by atoms with Crippen molar-refractivity contribution < 1.29 is 15.4 Å². The highest BCUT2D eigenvalue weighted by atomic mass is 16.5. The van der Waals surface area contributed by atoms with Crippen molar-refractivity contribution in [2.45, 2.75) is 31.1 Å². The smallest absolute Gasteiger partial charge is 0.232 e. The van der Waals surface area contributed by atoms with Crippen LogP contribution in [0.3, 0.4) is 0 Å². The Morgan fingerprint density at radius 3 is 1.92 bits per heavy atom. The maximum absolute atomic E-state index is 9.51. The lowest BCUT2D eigenvalue weighted by molar-refractivity contribution is 0.128. The third-order valence-electron chi connectivity index (χ3n) is 3.42. The van der Waals surface area contributed by atoms with Gasteiger partial charge in [-0.05, 0) is 31.1 Å². The van der Waals surface area contributed by atoms with Gasteiger partial charge >= 0.3 is 0 Å². The Morgan fingerprint density at radius 1 is 1.00 bits per heavy atom. The van der Waals surface area contributed by atoms with Crippen LogP contribution in [0.25, 0.3) is 0 Å². The molecule has 0 saturated heterocycles. The standard InChI is InChI=1S/C9H11NO3/c11-8-6-4-1-2-5(3-4)7(6)9(12)10(8)13/h4-5,11-13H,1-3H2. The van der Waals surface area contributed by atoms with E-state index >= 15 is 0 Å². The van der Waals surface area contributed by atoms with Gasteiger partial charge in [-0.2, -0.15) is 0 Å². The van der Waals surface area contributed by atoms with E-state index in [2.05, 4.69) is 0 Å². The molecule has 2 atom stereocenters. The molecule has 1 fully saturated rings. The zero-order valence-corrected chi connectivity index (χ0v) is 7.06. The number of fused-ring (bicyclic) bond motifs is 5. The van der Waals surface area contributed by atoms with Crippen molar-refractivity contribution in [3.63, 3.8) is 0 Å². The van der Waals surface area contributed by atoms with Crippen molar-refractivity contribution >= 4 is 0 Å². The predicted octanol–water partition coefficient (Wildman–Crippen LogP) is 1.50. The van der Waals surface area contributed by atoms with Crippen LogP contribution in [0.5, 0.6) is 11.8 Å². The molecule has 3 rings (SSSR count). The van der Waals surface area contributed by atoms with Crippen molar-refractivity contribution in [3.8, 4) is 11.8 Å². The van der Waals surface area contributed by atoms with Gasteiger partial charge in [0, 0.05) is 11.1 Å². The summed E-state index contributed by atoms with van der Waals surface area (Å²) in [6.07, 6.45) is 3.15. The van der Waals surface area contributed by atoms with Gasteiger partial charge in [-0.3, -0.25) is 0 Å². The molecule has 70 valence electrons. The van der Waals surface area contributed by atoms with Crippen molar-refractivity contribution in [2.24, 2.45) is 0 Å². The number of aromatic nitrogens is 1. The van der Waals surface area contributed by atoms with E-state index in [9.17, 15) is 15.4 Å². The predicted molar refractivity (Wildman–Crippen MR) is 44.3 cm³/mol. The van der Waals surface area contributed by atoms with Gasteiger partial charge in [0.1, 0.15) is 0 Å². The fraction of sp³-hybridized carbons (Fsp3) is 0.556. The zero-order chi connectivity index (χ0) is 9.16. The molecule has 0 aromatic carbocycles. The molecule has 0 radical (unpaired) electrons. The Balaban J connectivity index is 2.31. The zero-order valence-electron chi connectivity index (χ0n) is 7.06. The van der Waals surface area contributed by atoms with E-state index in [1.807, 2.05) is 0 Å². The summed E-state index contributed by atoms with van der Waals surface area (Å²) in [5.41, 5.74) is 1.55. The molecule has 13 heavy (non-hydrogen) atoms. The highest BCUT2D eigenvalue weighted by Crippen LogP contribution is 2.59. The summed E-state index contributed by atoms with van der Waals surface area (Å²) in [6, 6.07) is 0. The van der Waals surface area contributed by atoms with E-state index in [1.165, 1.54) is 0 Å². The molecule has 2 bridgehead atoms. The maximum Gasteiger partial charge on any atom is 0.232 e. The van der Waals surface area contributed by atoms with Gasteiger partial charge in [-0.25, -0.2) is 0 Å². The van der Waals surface area contributed by atoms with Gasteiger partial charge in [0.2, 0.25) is 11.8 Å². The molecule has 0 amide bonds. The Kier molecular flexibility index (Phi) is 1.07. The third-order valence-corrected chi connectivity index (χ3v) is 3.42. The van der Waals surface area contributed by atoms with Crippen LogP contribution in [0, 0.1) is 0 Å². The third kappa shape index (κ3) is 0.632. The second-order valence-electron chi connectivity index (χ2n) is 3.99. The Labute approximate surface area is 75.0 Å². The number of hydrogen-bond donors (Lipinski definition) is 3. The fourth-order valence-corrected chi connectivity index (χ4v) is 2.88. The van der Waals surface area contributed by atoms with Crippen LogP contribution >= 0.6 is 0 Å². The summed E-state index contributed by atoms with van der Waals surface area (Å²) in [5.74, 6) is 0.359. The molecule has 1 saturated carbocycles. The normalized spacial score (nSPS) is 29.5. The number of hydrogen-bond acceptors (Lipinski definition) is 3. The molecule has 0 spiro atoms. The first-order chi connectivity index (χ1) is 6.20. The Morgan fingerprint density at radius 2 is 1.46 bits per heavy atom. The van der Waals surface area contributed by atoms with Crippen LogP contribution in [0.1, 0.15) is 42.2 Å². The lowest BCUT2D eigenvalue weighted by atomic mass is 9.95. The second kappa shape index (κ2) is 1.95. The molecule has 4 nitrogen and oxygen atoms in total. The monoisotopic (exact) mass is 181 g/mol.